The van der Waals surface area contributed by atoms with Crippen LogP contribution in [-0.4, -0.2) is 11.1 Å². The molecule has 0 unspecified atom stereocenters. The Morgan fingerprint density at radius 2 is 1.72 bits per heavy atom. The molecule has 2 N–H and O–H groups in total. The van der Waals surface area contributed by atoms with E-state index in [2.05, 4.69) is 60.8 Å². The maximum Gasteiger partial charge on any atom is 0.307 e. The molecule has 0 fully saturated rings. The maximum absolute atomic E-state index is 10.8. The molecule has 1 heterocycles. The Hall–Kier alpha value is -3.11. The van der Waals surface area contributed by atoms with Gasteiger partial charge in [0.25, 0.3) is 0 Å². The average Bonchev–Trinajstić information content (AvgIpc) is 3.16. The Morgan fingerprint density at radius 3 is 2.48 bits per heavy atom. The zero-order chi connectivity index (χ0) is 20.2. The number of carboxylic acids is 1. The van der Waals surface area contributed by atoms with Crippen molar-refractivity contribution in [2.24, 2.45) is 0 Å². The molecular formula is C25H23NO2S. The molecule has 29 heavy (non-hydrogen) atoms. The Labute approximate surface area is 174 Å². The highest BCUT2D eigenvalue weighted by atomic mass is 32.1. The zero-order valence-electron chi connectivity index (χ0n) is 16.3. The monoisotopic (exact) mass is 401 g/mol. The van der Waals surface area contributed by atoms with Gasteiger partial charge < -0.3 is 10.4 Å². The molecule has 0 aliphatic heterocycles. The van der Waals surface area contributed by atoms with E-state index >= 15 is 0 Å². The Morgan fingerprint density at radius 1 is 0.966 bits per heavy atom. The summed E-state index contributed by atoms with van der Waals surface area (Å²) >= 11 is 1.83. The third kappa shape index (κ3) is 4.33. The van der Waals surface area contributed by atoms with Crippen molar-refractivity contribution in [1.82, 2.24) is 0 Å². The Bertz CT molecular complexity index is 1150. The molecule has 146 valence electrons. The summed E-state index contributed by atoms with van der Waals surface area (Å²) in [4.78, 5) is 12.1. The van der Waals surface area contributed by atoms with Crippen molar-refractivity contribution in [1.29, 1.82) is 0 Å². The lowest BCUT2D eigenvalue weighted by Crippen LogP contribution is -2.01. The largest absolute Gasteiger partial charge is 0.481 e. The molecule has 0 aliphatic carbocycles. The number of nitrogens with one attached hydrogen (secondary N) is 1. The van der Waals surface area contributed by atoms with E-state index in [1.165, 1.54) is 31.7 Å². The molecule has 3 nitrogen and oxygen atoms in total. The second-order valence-electron chi connectivity index (χ2n) is 7.07. The lowest BCUT2D eigenvalue weighted by atomic mass is 9.97. The minimum atomic E-state index is -0.809. The number of aliphatic carboxylic acids is 1. The molecule has 0 radical (unpaired) electrons. The lowest BCUT2D eigenvalue weighted by Gasteiger charge is -2.09. The molecule has 0 atom stereocenters. The van der Waals surface area contributed by atoms with Gasteiger partial charge in [0.1, 0.15) is 0 Å². The van der Waals surface area contributed by atoms with Crippen molar-refractivity contribution < 1.29 is 9.90 Å². The first-order valence-corrected chi connectivity index (χ1v) is 10.6. The summed E-state index contributed by atoms with van der Waals surface area (Å²) in [5, 5.41) is 13.6. The normalized spacial score (nSPS) is 10.9. The van der Waals surface area contributed by atoms with Crippen LogP contribution < -0.4 is 5.32 Å². The van der Waals surface area contributed by atoms with Crippen LogP contribution in [-0.2, 0) is 24.2 Å². The number of benzene rings is 3. The van der Waals surface area contributed by atoms with Crippen LogP contribution in [0.15, 0.2) is 72.8 Å². The summed E-state index contributed by atoms with van der Waals surface area (Å²) in [5.41, 5.74) is 5.79. The molecular weight excluding hydrogens is 378 g/mol. The number of carbonyl (C=O) groups is 1. The molecule has 4 heteroatoms. The number of hydrogen-bond acceptors (Lipinski definition) is 3. The number of hydrogen-bond donors (Lipinski definition) is 2. The molecule has 3 aromatic carbocycles. The van der Waals surface area contributed by atoms with E-state index in [0.717, 1.165) is 24.2 Å². The fraction of sp³-hybridized carbons (Fsp3) is 0.160. The van der Waals surface area contributed by atoms with E-state index in [-0.39, 0.29) is 6.42 Å². The van der Waals surface area contributed by atoms with Gasteiger partial charge in [-0.25, -0.2) is 0 Å². The van der Waals surface area contributed by atoms with Gasteiger partial charge >= 0.3 is 5.97 Å². The first-order chi connectivity index (χ1) is 14.1. The summed E-state index contributed by atoms with van der Waals surface area (Å²) in [5.74, 6) is -0.809. The molecule has 0 aliphatic rings. The van der Waals surface area contributed by atoms with E-state index in [4.69, 9.17) is 5.11 Å². The molecule has 4 aromatic rings. The lowest BCUT2D eigenvalue weighted by molar-refractivity contribution is -0.136. The standard InChI is InChI=1S/C25H23NO2S/c1-2-18-6-3-4-8-22(18)23-9-5-7-19-15-21(29-25(19)23)16-26-20-12-10-17(11-13-20)14-24(27)28/h3-13,15,26H,2,14,16H2,1H3,(H,27,28). The molecule has 0 saturated heterocycles. The first-order valence-electron chi connectivity index (χ1n) is 9.78. The molecule has 0 amide bonds. The Balaban J connectivity index is 1.56. The topological polar surface area (TPSA) is 49.3 Å². The predicted molar refractivity (Wildman–Crippen MR) is 122 cm³/mol. The van der Waals surface area contributed by atoms with Crippen molar-refractivity contribution in [3.05, 3.63) is 88.8 Å². The summed E-state index contributed by atoms with van der Waals surface area (Å²) in [7, 11) is 0. The van der Waals surface area contributed by atoms with Crippen LogP contribution in [0.2, 0.25) is 0 Å². The molecule has 0 spiro atoms. The fourth-order valence-corrected chi connectivity index (χ4v) is 4.74. The van der Waals surface area contributed by atoms with Gasteiger partial charge in [0, 0.05) is 21.8 Å². The summed E-state index contributed by atoms with van der Waals surface area (Å²) in [6.45, 7) is 2.94. The molecule has 1 aromatic heterocycles. The van der Waals surface area contributed by atoms with Crippen LogP contribution in [0.1, 0.15) is 22.9 Å². The van der Waals surface area contributed by atoms with Crippen LogP contribution in [0.3, 0.4) is 0 Å². The van der Waals surface area contributed by atoms with Crippen molar-refractivity contribution in [3.8, 4) is 11.1 Å². The van der Waals surface area contributed by atoms with Gasteiger partial charge in [0.2, 0.25) is 0 Å². The summed E-state index contributed by atoms with van der Waals surface area (Å²) in [6, 6.07) is 25.0. The fourth-order valence-electron chi connectivity index (χ4n) is 3.61. The van der Waals surface area contributed by atoms with Crippen molar-refractivity contribution in [3.63, 3.8) is 0 Å². The van der Waals surface area contributed by atoms with Crippen LogP contribution in [0.25, 0.3) is 21.2 Å². The molecule has 4 rings (SSSR count). The highest BCUT2D eigenvalue weighted by Crippen LogP contribution is 2.36. The Kier molecular flexibility index (Phi) is 5.63. The number of aryl methyl sites for hydroxylation is 1. The van der Waals surface area contributed by atoms with E-state index < -0.39 is 5.97 Å². The highest BCUT2D eigenvalue weighted by molar-refractivity contribution is 7.19. The number of anilines is 1. The van der Waals surface area contributed by atoms with Crippen LogP contribution in [0.4, 0.5) is 5.69 Å². The van der Waals surface area contributed by atoms with Crippen LogP contribution >= 0.6 is 11.3 Å². The summed E-state index contributed by atoms with van der Waals surface area (Å²) < 4.78 is 1.32. The minimum Gasteiger partial charge on any atom is -0.481 e. The summed E-state index contributed by atoms with van der Waals surface area (Å²) in [6.07, 6.45) is 1.07. The van der Waals surface area contributed by atoms with Crippen molar-refractivity contribution in [2.45, 2.75) is 26.3 Å². The molecule has 0 bridgehead atoms. The van der Waals surface area contributed by atoms with E-state index in [0.29, 0.717) is 0 Å². The average molecular weight is 402 g/mol. The zero-order valence-corrected chi connectivity index (χ0v) is 17.1. The highest BCUT2D eigenvalue weighted by Gasteiger charge is 2.10. The third-order valence-electron chi connectivity index (χ3n) is 5.06. The van der Waals surface area contributed by atoms with E-state index in [1.807, 2.05) is 35.6 Å². The molecule has 0 saturated carbocycles. The van der Waals surface area contributed by atoms with Crippen molar-refractivity contribution in [2.75, 3.05) is 5.32 Å². The van der Waals surface area contributed by atoms with Gasteiger partial charge in [0.05, 0.1) is 6.42 Å². The van der Waals surface area contributed by atoms with Gasteiger partial charge in [-0.1, -0.05) is 61.5 Å². The quantitative estimate of drug-likeness (QED) is 0.378. The third-order valence-corrected chi connectivity index (χ3v) is 6.24. The van der Waals surface area contributed by atoms with Gasteiger partial charge in [0.15, 0.2) is 0 Å². The van der Waals surface area contributed by atoms with E-state index in [9.17, 15) is 4.79 Å². The minimum absolute atomic E-state index is 0.0542. The van der Waals surface area contributed by atoms with Crippen LogP contribution in [0, 0.1) is 0 Å². The van der Waals surface area contributed by atoms with Gasteiger partial charge in [-0.3, -0.25) is 4.79 Å². The van der Waals surface area contributed by atoms with Gasteiger partial charge in [-0.05, 0) is 52.3 Å². The number of rotatable bonds is 7. The second-order valence-corrected chi connectivity index (χ2v) is 8.21. The van der Waals surface area contributed by atoms with Gasteiger partial charge in [-0.15, -0.1) is 11.3 Å². The maximum atomic E-state index is 10.8. The number of fused-ring (bicyclic) bond motifs is 1. The van der Waals surface area contributed by atoms with Crippen molar-refractivity contribution >= 4 is 33.1 Å². The van der Waals surface area contributed by atoms with E-state index in [1.54, 1.807) is 0 Å². The number of thiophene rings is 1. The number of carboxylic acid groups (broad SMARTS) is 1. The predicted octanol–water partition coefficient (Wildman–Crippen LogP) is 6.37. The van der Waals surface area contributed by atoms with Crippen LogP contribution in [0.5, 0.6) is 0 Å². The van der Waals surface area contributed by atoms with Gasteiger partial charge in [-0.2, -0.15) is 0 Å². The first kappa shape index (κ1) is 19.2. The smallest absolute Gasteiger partial charge is 0.307 e. The second kappa shape index (κ2) is 8.50. The SMILES string of the molecule is CCc1ccccc1-c1cccc2cc(CNc3ccc(CC(=O)O)cc3)sc12.